The minimum atomic E-state index is -3.12. The third-order valence-corrected chi connectivity index (χ3v) is 2.40. The smallest absolute Gasteiger partial charge is 0.359 e. The Hall–Kier alpha value is -1.80. The molecule has 0 aromatic carbocycles. The van der Waals surface area contributed by atoms with E-state index < -0.39 is 34.4 Å². The molecule has 0 saturated carbocycles. The lowest BCUT2D eigenvalue weighted by molar-refractivity contribution is -0.364. The average molecular weight is 253 g/mol. The summed E-state index contributed by atoms with van der Waals surface area (Å²) in [7, 11) is 1.13. The topological polar surface area (TPSA) is 105 Å². The Balaban J connectivity index is 5.50. The highest BCUT2D eigenvalue weighted by atomic mass is 19.3. The van der Waals surface area contributed by atoms with Gasteiger partial charge in [-0.2, -0.15) is 0 Å². The first-order chi connectivity index (χ1) is 7.69. The highest BCUT2D eigenvalue weighted by Gasteiger charge is 2.51. The van der Waals surface area contributed by atoms with E-state index >= 15 is 0 Å². The molecule has 1 unspecified atom stereocenters. The molecule has 0 aliphatic heterocycles. The van der Waals surface area contributed by atoms with E-state index in [1.54, 1.807) is 0 Å². The van der Waals surface area contributed by atoms with Gasteiger partial charge in [-0.1, -0.05) is 0 Å². The number of oxime groups is 1. The number of rotatable bonds is 4. The first-order valence-corrected chi connectivity index (χ1v) is 4.56. The van der Waals surface area contributed by atoms with Gasteiger partial charge in [0.25, 0.3) is 6.43 Å². The van der Waals surface area contributed by atoms with Crippen molar-refractivity contribution in [1.29, 1.82) is 0 Å². The lowest BCUT2D eigenvalue weighted by atomic mass is 9.77. The minimum absolute atomic E-state index is 1.04. The second-order valence-corrected chi connectivity index (χ2v) is 3.83. The van der Waals surface area contributed by atoms with E-state index in [4.69, 9.17) is 5.21 Å². The Labute approximate surface area is 95.6 Å². The van der Waals surface area contributed by atoms with E-state index in [0.717, 1.165) is 20.9 Å². The number of hydrogen-bond donors (Lipinski definition) is 2. The fraction of sp³-hybridized carbons (Fsp3) is 0.750. The van der Waals surface area contributed by atoms with Gasteiger partial charge in [-0.3, -0.25) is 4.79 Å². The molecule has 0 rings (SSSR count). The molecule has 9 heteroatoms. The molecule has 0 aromatic rings. The number of amidine groups is 1. The molecule has 1 atom stereocenters. The van der Waals surface area contributed by atoms with Crippen LogP contribution in [0.4, 0.5) is 8.78 Å². The maximum absolute atomic E-state index is 12.8. The highest BCUT2D eigenvalue weighted by molar-refractivity contribution is 5.89. The quantitative estimate of drug-likeness (QED) is 0.253. The molecule has 0 aliphatic rings. The monoisotopic (exact) mass is 253 g/mol. The van der Waals surface area contributed by atoms with Gasteiger partial charge in [0, 0.05) is 7.05 Å². The van der Waals surface area contributed by atoms with Crippen molar-refractivity contribution in [2.24, 2.45) is 16.5 Å². The van der Waals surface area contributed by atoms with E-state index in [2.05, 4.69) is 5.16 Å². The molecule has 0 saturated heterocycles. The zero-order valence-electron chi connectivity index (χ0n) is 9.48. The summed E-state index contributed by atoms with van der Waals surface area (Å²) in [5.41, 5.74) is -1.91. The molecular weight excluding hydrogens is 240 g/mol. The Morgan fingerprint density at radius 2 is 2.00 bits per heavy atom. The van der Waals surface area contributed by atoms with Gasteiger partial charge >= 0.3 is 5.84 Å². The molecule has 0 aliphatic carbocycles. The van der Waals surface area contributed by atoms with Gasteiger partial charge in [-0.25, -0.2) is 8.78 Å². The fourth-order valence-corrected chi connectivity index (χ4v) is 1.45. The summed E-state index contributed by atoms with van der Waals surface area (Å²) in [4.78, 5) is 20.7. The first kappa shape index (κ1) is 15.2. The summed E-state index contributed by atoms with van der Waals surface area (Å²) < 4.78 is 25.5. The van der Waals surface area contributed by atoms with Crippen molar-refractivity contribution in [3.8, 4) is 0 Å². The van der Waals surface area contributed by atoms with Crippen LogP contribution in [0.15, 0.2) is 5.16 Å². The maximum atomic E-state index is 12.8. The molecule has 0 aromatic heterocycles. The summed E-state index contributed by atoms with van der Waals surface area (Å²) in [6.45, 7) is 2.08. The van der Waals surface area contributed by atoms with E-state index in [-0.39, 0.29) is 0 Å². The van der Waals surface area contributed by atoms with E-state index in [1.165, 1.54) is 0 Å². The third-order valence-electron chi connectivity index (χ3n) is 2.40. The van der Waals surface area contributed by atoms with Crippen LogP contribution in [0.1, 0.15) is 13.8 Å². The minimum Gasteiger partial charge on any atom is -0.359 e. The number of nitro groups is 1. The Bertz CT molecular complexity index is 344. The number of alkyl halides is 2. The van der Waals surface area contributed by atoms with Crippen LogP contribution in [0.5, 0.6) is 0 Å². The predicted octanol–water partition coefficient (Wildman–Crippen LogP) is 0.704. The van der Waals surface area contributed by atoms with Crippen molar-refractivity contribution < 1.29 is 23.7 Å². The van der Waals surface area contributed by atoms with Crippen molar-refractivity contribution in [2.75, 3.05) is 7.05 Å². The highest BCUT2D eigenvalue weighted by Crippen LogP contribution is 2.33. The molecule has 2 N–H and O–H groups in total. The van der Waals surface area contributed by atoms with Crippen LogP contribution in [-0.4, -0.2) is 35.3 Å². The first-order valence-electron chi connectivity index (χ1n) is 4.56. The van der Waals surface area contributed by atoms with Gasteiger partial charge < -0.3 is 20.6 Å². The van der Waals surface area contributed by atoms with Crippen molar-refractivity contribution in [3.05, 3.63) is 10.1 Å². The molecule has 0 spiro atoms. The van der Waals surface area contributed by atoms with Crippen LogP contribution in [0.25, 0.3) is 0 Å². The summed E-state index contributed by atoms with van der Waals surface area (Å²) in [5, 5.41) is 23.4. The average Bonchev–Trinajstić information content (AvgIpc) is 2.15. The molecule has 0 fully saturated rings. The summed E-state index contributed by atoms with van der Waals surface area (Å²) in [5.74, 6) is -4.14. The lowest BCUT2D eigenvalue weighted by Gasteiger charge is -2.27. The van der Waals surface area contributed by atoms with Gasteiger partial charge in [0.15, 0.2) is 5.16 Å². The van der Waals surface area contributed by atoms with Gasteiger partial charge in [-0.15, -0.1) is 0 Å². The molecule has 17 heavy (non-hydrogen) atoms. The summed E-state index contributed by atoms with van der Waals surface area (Å²) in [6, 6.07) is 0. The van der Waals surface area contributed by atoms with E-state index in [0.29, 0.717) is 0 Å². The lowest BCUT2D eigenvalue weighted by Crippen LogP contribution is -2.48. The standard InChI is InChI=1S/C8H13F2N3O4/c1-8(2,7(12-15)13(16)17)4(5(9)10)6(14)11-3/h4-5,15H,1-3H3,(H,11,14). The fourth-order valence-electron chi connectivity index (χ4n) is 1.45. The number of hydrogen-bond acceptors (Lipinski definition) is 5. The number of nitrogens with one attached hydrogen (secondary N) is 1. The largest absolute Gasteiger partial charge is 0.391 e. The molecule has 0 radical (unpaired) electrons. The molecular formula is C8H13F2N3O4. The zero-order chi connectivity index (χ0) is 13.8. The third kappa shape index (κ3) is 3.08. The van der Waals surface area contributed by atoms with Gasteiger partial charge in [0.1, 0.15) is 5.92 Å². The van der Waals surface area contributed by atoms with Crippen LogP contribution in [0, 0.1) is 21.4 Å². The molecule has 1 amide bonds. The SMILES string of the molecule is CNC(=O)C(C(F)F)C(C)(C)C(=NO)[N+](=O)[O-]. The van der Waals surface area contributed by atoms with Gasteiger partial charge in [0.2, 0.25) is 5.91 Å². The number of carbonyl (C=O) groups is 1. The normalized spacial score (nSPS) is 14.6. The van der Waals surface area contributed by atoms with Crippen LogP contribution >= 0.6 is 0 Å². The van der Waals surface area contributed by atoms with Crippen LogP contribution in [0.2, 0.25) is 0 Å². The Morgan fingerprint density at radius 1 is 1.53 bits per heavy atom. The zero-order valence-corrected chi connectivity index (χ0v) is 9.48. The molecule has 98 valence electrons. The van der Waals surface area contributed by atoms with Gasteiger partial charge in [-0.05, 0) is 18.8 Å². The van der Waals surface area contributed by atoms with Crippen molar-refractivity contribution in [3.63, 3.8) is 0 Å². The summed E-state index contributed by atoms with van der Waals surface area (Å²) in [6.07, 6.45) is -3.12. The number of halogens is 2. The van der Waals surface area contributed by atoms with Crippen LogP contribution < -0.4 is 5.32 Å². The van der Waals surface area contributed by atoms with E-state index in [9.17, 15) is 23.7 Å². The molecule has 0 bridgehead atoms. The number of amides is 1. The predicted molar refractivity (Wildman–Crippen MR) is 53.6 cm³/mol. The van der Waals surface area contributed by atoms with E-state index in [1.807, 2.05) is 5.32 Å². The van der Waals surface area contributed by atoms with Crippen molar-refractivity contribution >= 4 is 11.7 Å². The van der Waals surface area contributed by atoms with Crippen LogP contribution in [0.3, 0.4) is 0 Å². The summed E-state index contributed by atoms with van der Waals surface area (Å²) >= 11 is 0. The Morgan fingerprint density at radius 3 is 2.24 bits per heavy atom. The second-order valence-electron chi connectivity index (χ2n) is 3.83. The number of nitrogens with zero attached hydrogens (tertiary/aromatic N) is 2. The molecule has 7 nitrogen and oxygen atoms in total. The number of carbonyl (C=O) groups excluding carboxylic acids is 1. The second kappa shape index (κ2) is 5.51. The van der Waals surface area contributed by atoms with Crippen LogP contribution in [-0.2, 0) is 4.79 Å². The van der Waals surface area contributed by atoms with Gasteiger partial charge in [0.05, 0.1) is 5.41 Å². The molecule has 0 heterocycles. The van der Waals surface area contributed by atoms with Crippen molar-refractivity contribution in [1.82, 2.24) is 5.32 Å². The Kier molecular flexibility index (Phi) is 4.92. The maximum Gasteiger partial charge on any atom is 0.391 e. The van der Waals surface area contributed by atoms with Crippen molar-refractivity contribution in [2.45, 2.75) is 20.3 Å².